The third-order valence-corrected chi connectivity index (χ3v) is 12.0. The number of piperazine rings is 1. The largest absolute Gasteiger partial charge is 0.457 e. The smallest absolute Gasteiger partial charge is 0.303 e. The first kappa shape index (κ1) is 26.5. The van der Waals surface area contributed by atoms with Crippen molar-refractivity contribution in [3.05, 3.63) is 41.2 Å². The molecule has 1 aromatic carbocycles. The molecule has 0 spiro atoms. The minimum Gasteiger partial charge on any atom is -0.457 e. The fourth-order valence-corrected chi connectivity index (χ4v) is 9.88. The first-order valence-corrected chi connectivity index (χ1v) is 15.2. The first-order chi connectivity index (χ1) is 18.2. The van der Waals surface area contributed by atoms with Gasteiger partial charge >= 0.3 is 5.97 Å². The molecule has 4 saturated carbocycles. The van der Waals surface area contributed by atoms with Crippen LogP contribution in [0.2, 0.25) is 0 Å². The Morgan fingerprint density at radius 3 is 2.39 bits per heavy atom. The molecule has 0 amide bonds. The number of hydrogen-bond donors (Lipinski definition) is 0. The molecule has 0 aromatic heterocycles. The fourth-order valence-electron chi connectivity index (χ4n) is 9.88. The Kier molecular flexibility index (Phi) is 7.00. The van der Waals surface area contributed by atoms with Gasteiger partial charge in [-0.3, -0.25) is 9.69 Å². The molecule has 4 aliphatic carbocycles. The van der Waals surface area contributed by atoms with Gasteiger partial charge in [-0.25, -0.2) is 4.39 Å². The van der Waals surface area contributed by atoms with Crippen LogP contribution < -0.4 is 0 Å². The number of hydrogen-bond acceptors (Lipinski definition) is 4. The molecule has 0 bridgehead atoms. The molecule has 4 nitrogen and oxygen atoms in total. The molecular weight excluding hydrogens is 475 g/mol. The van der Waals surface area contributed by atoms with Gasteiger partial charge in [0.15, 0.2) is 0 Å². The predicted octanol–water partition coefficient (Wildman–Crippen LogP) is 6.41. The maximum atomic E-state index is 13.6. The zero-order chi connectivity index (χ0) is 26.7. The molecule has 6 rings (SSSR count). The SMILES string of the molecule is CC(=O)O[C@H]1/C(=C/c2ccc(F)cc2)C[C@H]2[C@@H]3CC[C@H]4C[C@@H](N5CCN(C)CC5)CC[C@]4(C)[C@H]3CC[C@]12C. The highest BCUT2D eigenvalue weighted by molar-refractivity contribution is 5.67. The van der Waals surface area contributed by atoms with Gasteiger partial charge in [0.05, 0.1) is 0 Å². The van der Waals surface area contributed by atoms with Crippen LogP contribution in [0.3, 0.4) is 0 Å². The van der Waals surface area contributed by atoms with Crippen LogP contribution in [-0.4, -0.2) is 61.1 Å². The van der Waals surface area contributed by atoms with Gasteiger partial charge in [-0.2, -0.15) is 0 Å². The number of carbonyl (C=O) groups is 1. The summed E-state index contributed by atoms with van der Waals surface area (Å²) in [5.41, 5.74) is 2.65. The van der Waals surface area contributed by atoms with Crippen molar-refractivity contribution >= 4 is 12.0 Å². The second-order valence-corrected chi connectivity index (χ2v) is 13.9. The first-order valence-electron chi connectivity index (χ1n) is 15.2. The molecule has 1 aromatic rings. The summed E-state index contributed by atoms with van der Waals surface area (Å²) < 4.78 is 19.7. The molecule has 0 N–H and O–H groups in total. The number of benzene rings is 1. The normalized spacial score (nSPS) is 42.8. The van der Waals surface area contributed by atoms with E-state index >= 15 is 0 Å². The van der Waals surface area contributed by atoms with E-state index < -0.39 is 0 Å². The number of likely N-dealkylation sites (N-methyl/N-ethyl adjacent to an activating group) is 1. The van der Waals surface area contributed by atoms with Crippen molar-refractivity contribution in [2.45, 2.75) is 84.3 Å². The van der Waals surface area contributed by atoms with E-state index in [-0.39, 0.29) is 23.3 Å². The summed E-state index contributed by atoms with van der Waals surface area (Å²) in [6.07, 6.45) is 12.2. The van der Waals surface area contributed by atoms with E-state index in [0.717, 1.165) is 36.3 Å². The van der Waals surface area contributed by atoms with Gasteiger partial charge in [-0.15, -0.1) is 0 Å². The monoisotopic (exact) mass is 522 g/mol. The van der Waals surface area contributed by atoms with Crippen LogP contribution in [0.25, 0.3) is 6.08 Å². The summed E-state index contributed by atoms with van der Waals surface area (Å²) in [4.78, 5) is 17.5. The van der Waals surface area contributed by atoms with E-state index in [0.29, 0.717) is 17.3 Å². The summed E-state index contributed by atoms with van der Waals surface area (Å²) in [7, 11) is 2.25. The number of nitrogens with zero attached hydrogens (tertiary/aromatic N) is 2. The van der Waals surface area contributed by atoms with Gasteiger partial charge in [0, 0.05) is 44.6 Å². The van der Waals surface area contributed by atoms with Crippen molar-refractivity contribution in [3.63, 3.8) is 0 Å². The standard InChI is InChI=1S/C33H47FN2O2/c1-22(37)38-31-24(19-23-5-8-26(34)9-6-23)20-30-28-10-7-25-21-27(36-17-15-35(4)16-18-36)11-13-32(25,2)29(28)12-14-33(30,31)3/h5-6,8-9,19,25,27-31H,7,10-18,20-21H2,1-4H3/b24-19+/t25-,27-,28+,29-,30-,31-,32-,33-/m0/s1. The van der Waals surface area contributed by atoms with Crippen LogP contribution in [0, 0.1) is 40.3 Å². The Morgan fingerprint density at radius 2 is 1.68 bits per heavy atom. The molecule has 1 heterocycles. The molecule has 0 radical (unpaired) electrons. The lowest BCUT2D eigenvalue weighted by atomic mass is 9.45. The zero-order valence-corrected chi connectivity index (χ0v) is 23.9. The third kappa shape index (κ3) is 4.56. The Hall–Kier alpha value is -1.72. The zero-order valence-electron chi connectivity index (χ0n) is 23.9. The molecule has 38 heavy (non-hydrogen) atoms. The van der Waals surface area contributed by atoms with Crippen LogP contribution in [0.1, 0.15) is 77.7 Å². The molecule has 8 atom stereocenters. The highest BCUT2D eigenvalue weighted by atomic mass is 19.1. The Balaban J connectivity index is 1.23. The van der Waals surface area contributed by atoms with Gasteiger partial charge < -0.3 is 9.64 Å². The average Bonchev–Trinajstić information content (AvgIpc) is 3.16. The summed E-state index contributed by atoms with van der Waals surface area (Å²) >= 11 is 0. The van der Waals surface area contributed by atoms with E-state index in [1.54, 1.807) is 6.92 Å². The number of halogens is 1. The lowest BCUT2D eigenvalue weighted by Crippen LogP contribution is -2.57. The highest BCUT2D eigenvalue weighted by Gasteiger charge is 2.62. The van der Waals surface area contributed by atoms with Gasteiger partial charge in [-0.05, 0) is 111 Å². The van der Waals surface area contributed by atoms with Crippen LogP contribution in [-0.2, 0) is 9.53 Å². The molecule has 5 heteroatoms. The minimum atomic E-state index is -0.217. The number of ether oxygens (including phenoxy) is 1. The number of carbonyl (C=O) groups excluding carboxylic acids is 1. The second-order valence-electron chi connectivity index (χ2n) is 13.9. The average molecular weight is 523 g/mol. The summed E-state index contributed by atoms with van der Waals surface area (Å²) in [5, 5.41) is 0. The number of esters is 1. The van der Waals surface area contributed by atoms with Crippen molar-refractivity contribution in [2.75, 3.05) is 33.2 Å². The lowest BCUT2D eigenvalue weighted by Gasteiger charge is -2.61. The van der Waals surface area contributed by atoms with Gasteiger partial charge in [0.1, 0.15) is 11.9 Å². The van der Waals surface area contributed by atoms with Crippen molar-refractivity contribution in [1.29, 1.82) is 0 Å². The topological polar surface area (TPSA) is 32.8 Å². The van der Waals surface area contributed by atoms with Crippen LogP contribution in [0.15, 0.2) is 29.8 Å². The number of rotatable bonds is 3. The Labute approximate surface area is 229 Å². The molecule has 5 aliphatic rings. The maximum Gasteiger partial charge on any atom is 0.303 e. The molecule has 1 aliphatic heterocycles. The van der Waals surface area contributed by atoms with Crippen molar-refractivity contribution in [3.8, 4) is 0 Å². The second kappa shape index (κ2) is 10.0. The van der Waals surface area contributed by atoms with E-state index in [1.807, 2.05) is 12.1 Å². The Bertz CT molecular complexity index is 1060. The molecule has 1 saturated heterocycles. The van der Waals surface area contributed by atoms with Crippen molar-refractivity contribution in [1.82, 2.24) is 9.80 Å². The van der Waals surface area contributed by atoms with Crippen LogP contribution in [0.5, 0.6) is 0 Å². The molecule has 208 valence electrons. The maximum absolute atomic E-state index is 13.6. The predicted molar refractivity (Wildman–Crippen MR) is 150 cm³/mol. The van der Waals surface area contributed by atoms with Gasteiger partial charge in [-0.1, -0.05) is 32.1 Å². The van der Waals surface area contributed by atoms with Crippen molar-refractivity contribution < 1.29 is 13.9 Å². The quantitative estimate of drug-likeness (QED) is 0.430. The lowest BCUT2D eigenvalue weighted by molar-refractivity contribution is -0.160. The molecule has 0 unspecified atom stereocenters. The molecule has 5 fully saturated rings. The summed E-state index contributed by atoms with van der Waals surface area (Å²) in [5.74, 6) is 2.45. The fraction of sp³-hybridized carbons (Fsp3) is 0.727. The summed E-state index contributed by atoms with van der Waals surface area (Å²) in [6.45, 7) is 11.5. The highest BCUT2D eigenvalue weighted by Crippen LogP contribution is 2.67. The van der Waals surface area contributed by atoms with Gasteiger partial charge in [0.25, 0.3) is 0 Å². The van der Waals surface area contributed by atoms with E-state index in [4.69, 9.17) is 4.74 Å². The van der Waals surface area contributed by atoms with Crippen molar-refractivity contribution in [2.24, 2.45) is 34.5 Å². The van der Waals surface area contributed by atoms with Gasteiger partial charge in [0.2, 0.25) is 0 Å². The number of fused-ring (bicyclic) bond motifs is 5. The van der Waals surface area contributed by atoms with Crippen LogP contribution in [0.4, 0.5) is 4.39 Å². The van der Waals surface area contributed by atoms with E-state index in [1.165, 1.54) is 82.4 Å². The minimum absolute atomic E-state index is 0.0150. The van der Waals surface area contributed by atoms with E-state index in [2.05, 4.69) is 36.8 Å². The third-order valence-electron chi connectivity index (χ3n) is 12.0. The Morgan fingerprint density at radius 1 is 0.974 bits per heavy atom. The van der Waals surface area contributed by atoms with E-state index in [9.17, 15) is 9.18 Å². The molecular formula is C33H47FN2O2. The van der Waals surface area contributed by atoms with Crippen LogP contribution >= 0.6 is 0 Å². The summed E-state index contributed by atoms with van der Waals surface area (Å²) in [6, 6.07) is 7.50.